The number of fused-ring (bicyclic) bond motifs is 6. The lowest BCUT2D eigenvalue weighted by Gasteiger charge is -2.35. The summed E-state index contributed by atoms with van der Waals surface area (Å²) in [5, 5.41) is 19.1. The second-order valence-electron chi connectivity index (χ2n) is 13.4. The molecule has 0 saturated heterocycles. The normalized spacial score (nSPS) is 17.3. The maximum Gasteiger partial charge on any atom is 0.130 e. The number of para-hydroxylation sites is 3. The summed E-state index contributed by atoms with van der Waals surface area (Å²) in [4.78, 5) is 5.39. The van der Waals surface area contributed by atoms with Crippen molar-refractivity contribution in [3.63, 3.8) is 0 Å². The minimum Gasteiger partial charge on any atom is -0.362 e. The van der Waals surface area contributed by atoms with E-state index in [0.717, 1.165) is 61.2 Å². The number of aromatic nitrogens is 2. The molecule has 3 atom stereocenters. The molecule has 5 heteroatoms. The van der Waals surface area contributed by atoms with E-state index >= 15 is 0 Å². The number of benzene rings is 7. The van der Waals surface area contributed by atoms with Gasteiger partial charge >= 0.3 is 0 Å². The molecule has 3 heterocycles. The Bertz CT molecular complexity index is 2840. The Hall–Kier alpha value is -6.90. The summed E-state index contributed by atoms with van der Waals surface area (Å²) in [6.07, 6.45) is 0. The highest BCUT2D eigenvalue weighted by Gasteiger charge is 2.37. The van der Waals surface area contributed by atoms with Crippen LogP contribution in [0.3, 0.4) is 0 Å². The molecule has 0 fully saturated rings. The second-order valence-corrected chi connectivity index (χ2v) is 13.4. The van der Waals surface area contributed by atoms with Gasteiger partial charge in [-0.2, -0.15) is 5.26 Å². The zero-order chi connectivity index (χ0) is 34.6. The third-order valence-electron chi connectivity index (χ3n) is 10.6. The number of nitrogens with zero attached hydrogens (tertiary/aromatic N) is 4. The Morgan fingerprint density at radius 2 is 1.04 bits per heavy atom. The van der Waals surface area contributed by atoms with Crippen LogP contribution in [0.15, 0.2) is 181 Å². The fourth-order valence-corrected chi connectivity index (χ4v) is 8.37. The van der Waals surface area contributed by atoms with E-state index in [1.807, 2.05) is 36.4 Å². The lowest BCUT2D eigenvalue weighted by molar-refractivity contribution is 0.395. The summed E-state index contributed by atoms with van der Waals surface area (Å²) in [6, 6.07) is 63.7. The lowest BCUT2D eigenvalue weighted by Crippen LogP contribution is -2.40. The van der Waals surface area contributed by atoms with Crippen LogP contribution in [0.1, 0.15) is 28.8 Å². The van der Waals surface area contributed by atoms with E-state index in [4.69, 9.17) is 4.99 Å². The van der Waals surface area contributed by atoms with Crippen LogP contribution in [0.25, 0.3) is 55.0 Å². The molecule has 0 saturated carbocycles. The van der Waals surface area contributed by atoms with E-state index in [9.17, 15) is 5.26 Å². The van der Waals surface area contributed by atoms with Gasteiger partial charge in [-0.1, -0.05) is 133 Å². The van der Waals surface area contributed by atoms with E-state index in [1.165, 1.54) is 16.3 Å². The molecule has 9 aromatic rings. The van der Waals surface area contributed by atoms with Gasteiger partial charge in [-0.15, -0.1) is 0 Å². The quantitative estimate of drug-likeness (QED) is 0.199. The average Bonchev–Trinajstić information content (AvgIpc) is 3.74. The number of hydrogen-bond donors (Lipinski definition) is 1. The molecule has 0 aliphatic carbocycles. The van der Waals surface area contributed by atoms with Crippen molar-refractivity contribution >= 4 is 49.4 Å². The molecule has 2 aromatic heterocycles. The average molecular weight is 668 g/mol. The van der Waals surface area contributed by atoms with Crippen molar-refractivity contribution in [2.24, 2.45) is 10.9 Å². The molecular formula is C47H33N5. The van der Waals surface area contributed by atoms with Gasteiger partial charge in [0.05, 0.1) is 51.8 Å². The molecule has 1 aliphatic heterocycles. The van der Waals surface area contributed by atoms with E-state index in [2.05, 4.69) is 160 Å². The summed E-state index contributed by atoms with van der Waals surface area (Å²) in [7, 11) is 0. The maximum absolute atomic E-state index is 10.6. The minimum absolute atomic E-state index is 0.245. The first kappa shape index (κ1) is 30.0. The fraction of sp³-hybridized carbons (Fsp3) is 0.0638. The first-order valence-electron chi connectivity index (χ1n) is 17.7. The third kappa shape index (κ3) is 4.58. The van der Waals surface area contributed by atoms with Crippen LogP contribution in [-0.4, -0.2) is 15.0 Å². The maximum atomic E-state index is 10.6. The molecule has 10 rings (SSSR count). The summed E-state index contributed by atoms with van der Waals surface area (Å²) in [6.45, 7) is 0. The molecule has 0 bridgehead atoms. The number of hydrogen-bond acceptors (Lipinski definition) is 3. The van der Waals surface area contributed by atoms with Gasteiger partial charge in [0.1, 0.15) is 5.84 Å². The second kappa shape index (κ2) is 12.2. The summed E-state index contributed by atoms with van der Waals surface area (Å²) in [5.41, 5.74) is 9.93. The molecule has 1 N–H and O–H groups in total. The van der Waals surface area contributed by atoms with Gasteiger partial charge in [-0.25, -0.2) is 0 Å². The van der Waals surface area contributed by atoms with E-state index < -0.39 is 5.92 Å². The first-order chi connectivity index (χ1) is 25.8. The van der Waals surface area contributed by atoms with Gasteiger partial charge in [0, 0.05) is 32.8 Å². The predicted octanol–water partition coefficient (Wildman–Crippen LogP) is 10.9. The van der Waals surface area contributed by atoms with Crippen LogP contribution in [-0.2, 0) is 0 Å². The lowest BCUT2D eigenvalue weighted by atomic mass is 9.83. The van der Waals surface area contributed by atoms with Gasteiger partial charge in [-0.3, -0.25) is 4.99 Å². The van der Waals surface area contributed by atoms with Crippen molar-refractivity contribution in [3.05, 3.63) is 193 Å². The molecule has 1 aliphatic rings. The number of nitrogens with one attached hydrogen (secondary N) is 1. The third-order valence-corrected chi connectivity index (χ3v) is 10.6. The van der Waals surface area contributed by atoms with Crippen LogP contribution in [0.4, 0.5) is 0 Å². The summed E-state index contributed by atoms with van der Waals surface area (Å²) in [5.74, 6) is 0.398. The Balaban J connectivity index is 1.25. The molecule has 0 radical (unpaired) electrons. The zero-order valence-corrected chi connectivity index (χ0v) is 28.3. The van der Waals surface area contributed by atoms with Crippen LogP contribution >= 0.6 is 0 Å². The van der Waals surface area contributed by atoms with Gasteiger partial charge in [0.25, 0.3) is 0 Å². The van der Waals surface area contributed by atoms with E-state index in [-0.39, 0.29) is 12.1 Å². The number of amidine groups is 1. The number of nitriles is 1. The molecule has 0 spiro atoms. The SMILES string of the molecule is N#CC1C(c2ccccc2)N=C(c2cccc3c2c2ccccc2n3-c2cccc3c2c2ccccc2n3-c2ccccc2)NC1c1ccccc1. The van der Waals surface area contributed by atoms with E-state index in [1.54, 1.807) is 0 Å². The summed E-state index contributed by atoms with van der Waals surface area (Å²) < 4.78 is 4.79. The first-order valence-corrected chi connectivity index (χ1v) is 17.7. The molecular weight excluding hydrogens is 635 g/mol. The van der Waals surface area contributed by atoms with Crippen molar-refractivity contribution in [1.29, 1.82) is 5.26 Å². The van der Waals surface area contributed by atoms with Gasteiger partial charge in [0.2, 0.25) is 0 Å². The zero-order valence-electron chi connectivity index (χ0n) is 28.3. The Morgan fingerprint density at radius 1 is 0.500 bits per heavy atom. The Morgan fingerprint density at radius 3 is 1.73 bits per heavy atom. The fourth-order valence-electron chi connectivity index (χ4n) is 8.37. The highest BCUT2D eigenvalue weighted by Crippen LogP contribution is 2.43. The van der Waals surface area contributed by atoms with Crippen molar-refractivity contribution in [3.8, 4) is 17.4 Å². The van der Waals surface area contributed by atoms with Crippen molar-refractivity contribution in [2.75, 3.05) is 0 Å². The van der Waals surface area contributed by atoms with Crippen molar-refractivity contribution in [2.45, 2.75) is 12.1 Å². The smallest absolute Gasteiger partial charge is 0.130 e. The largest absolute Gasteiger partial charge is 0.362 e. The molecule has 3 unspecified atom stereocenters. The van der Waals surface area contributed by atoms with Crippen LogP contribution in [0.2, 0.25) is 0 Å². The molecule has 5 nitrogen and oxygen atoms in total. The van der Waals surface area contributed by atoms with Gasteiger partial charge < -0.3 is 14.5 Å². The van der Waals surface area contributed by atoms with Crippen molar-refractivity contribution in [1.82, 2.24) is 14.5 Å². The number of rotatable bonds is 5. The summed E-state index contributed by atoms with van der Waals surface area (Å²) >= 11 is 0. The monoisotopic (exact) mass is 667 g/mol. The van der Waals surface area contributed by atoms with Gasteiger partial charge in [-0.05, 0) is 53.6 Å². The van der Waals surface area contributed by atoms with Crippen LogP contribution < -0.4 is 5.32 Å². The van der Waals surface area contributed by atoms with Crippen LogP contribution in [0, 0.1) is 17.2 Å². The molecule has 52 heavy (non-hydrogen) atoms. The minimum atomic E-state index is -0.395. The topological polar surface area (TPSA) is 58.0 Å². The highest BCUT2D eigenvalue weighted by molar-refractivity contribution is 6.22. The van der Waals surface area contributed by atoms with Crippen molar-refractivity contribution < 1.29 is 0 Å². The standard InChI is InChI=1S/C47H33N5/c48-30-37-45(31-16-4-1-5-17-31)49-47(50-46(37)32-18-6-2-7-19-32)36-24-14-27-40-43(36)34-22-10-13-26-39(34)52(40)42-29-15-28-41-44(42)35-23-11-12-25-38(35)51(41)33-20-8-3-9-21-33/h1-29,37,45-46H,(H,49,50). The van der Waals surface area contributed by atoms with E-state index in [0.29, 0.717) is 0 Å². The molecule has 7 aromatic carbocycles. The Kier molecular flexibility index (Phi) is 7.00. The predicted molar refractivity (Wildman–Crippen MR) is 212 cm³/mol. The van der Waals surface area contributed by atoms with Gasteiger partial charge in [0.15, 0.2) is 0 Å². The highest BCUT2D eigenvalue weighted by atomic mass is 15.1. The Labute approximate surface area is 301 Å². The number of aliphatic imine (C=N–C) groups is 1. The molecule has 246 valence electrons. The molecule has 0 amide bonds. The van der Waals surface area contributed by atoms with Crippen LogP contribution in [0.5, 0.6) is 0 Å².